The van der Waals surface area contributed by atoms with E-state index in [4.69, 9.17) is 0 Å². The maximum Gasteiger partial charge on any atom is 0.132 e. The van der Waals surface area contributed by atoms with E-state index in [1.54, 1.807) is 6.20 Å². The van der Waals surface area contributed by atoms with Gasteiger partial charge in [0.05, 0.1) is 9.88 Å². The van der Waals surface area contributed by atoms with E-state index in [0.29, 0.717) is 4.88 Å². The Bertz CT molecular complexity index is 511. The van der Waals surface area contributed by atoms with Crippen LogP contribution in [-0.4, -0.2) is 18.6 Å². The van der Waals surface area contributed by atoms with Crippen molar-refractivity contribution in [1.29, 1.82) is 0 Å². The largest absolute Gasteiger partial charge is 0.319 e. The summed E-state index contributed by atoms with van der Waals surface area (Å²) in [5, 5.41) is 3.93. The first-order chi connectivity index (χ1) is 8.20. The molecule has 0 amide bonds. The minimum Gasteiger partial charge on any atom is -0.319 e. The number of benzene rings is 1. The molecule has 1 N–H and O–H groups in total. The van der Waals surface area contributed by atoms with Crippen LogP contribution in [0.2, 0.25) is 0 Å². The van der Waals surface area contributed by atoms with E-state index in [9.17, 15) is 8.78 Å². The molecule has 0 atom stereocenters. The normalized spacial score (nSPS) is 10.8. The van der Waals surface area contributed by atoms with Crippen LogP contribution in [0.5, 0.6) is 0 Å². The third kappa shape index (κ3) is 2.87. The van der Waals surface area contributed by atoms with Gasteiger partial charge >= 0.3 is 0 Å². The number of rotatable bonds is 4. The predicted molar refractivity (Wildman–Crippen MR) is 65.1 cm³/mol. The van der Waals surface area contributed by atoms with Crippen LogP contribution in [0.3, 0.4) is 0 Å². The summed E-state index contributed by atoms with van der Waals surface area (Å²) in [6.07, 6.45) is 2.38. The van der Waals surface area contributed by atoms with Gasteiger partial charge in [0.1, 0.15) is 11.6 Å². The second kappa shape index (κ2) is 5.33. The fourth-order valence-corrected chi connectivity index (χ4v) is 2.40. The highest BCUT2D eigenvalue weighted by Gasteiger charge is 2.10. The Morgan fingerprint density at radius 2 is 2.18 bits per heavy atom. The SMILES string of the molecule is CNCCc1ncc(-c2cc(F)ccc2F)s1. The summed E-state index contributed by atoms with van der Waals surface area (Å²) in [6.45, 7) is 0.818. The minimum absolute atomic E-state index is 0.276. The minimum atomic E-state index is -0.438. The Labute approximate surface area is 102 Å². The molecule has 2 nitrogen and oxygen atoms in total. The molecule has 0 bridgehead atoms. The van der Waals surface area contributed by atoms with Gasteiger partial charge in [0.2, 0.25) is 0 Å². The zero-order chi connectivity index (χ0) is 12.3. The number of thiazole rings is 1. The Morgan fingerprint density at radius 3 is 2.94 bits per heavy atom. The number of likely N-dealkylation sites (N-methyl/N-ethyl adjacent to an activating group) is 1. The molecule has 1 aromatic carbocycles. The molecule has 0 saturated heterocycles. The lowest BCUT2D eigenvalue weighted by Gasteiger charge is -1.99. The Balaban J connectivity index is 2.27. The molecule has 0 saturated carbocycles. The van der Waals surface area contributed by atoms with E-state index in [1.807, 2.05) is 7.05 Å². The molecule has 1 heterocycles. The number of nitrogens with zero attached hydrogens (tertiary/aromatic N) is 1. The first kappa shape index (κ1) is 12.1. The van der Waals surface area contributed by atoms with E-state index in [0.717, 1.165) is 30.1 Å². The molecule has 0 unspecified atom stereocenters. The molecule has 5 heteroatoms. The fourth-order valence-electron chi connectivity index (χ4n) is 1.47. The monoisotopic (exact) mass is 254 g/mol. The Kier molecular flexibility index (Phi) is 3.81. The van der Waals surface area contributed by atoms with Gasteiger partial charge in [-0.15, -0.1) is 11.3 Å². The third-order valence-electron chi connectivity index (χ3n) is 2.34. The first-order valence-electron chi connectivity index (χ1n) is 5.25. The average Bonchev–Trinajstić information content (AvgIpc) is 2.78. The average molecular weight is 254 g/mol. The van der Waals surface area contributed by atoms with Crippen molar-refractivity contribution in [2.24, 2.45) is 0 Å². The molecule has 90 valence electrons. The fraction of sp³-hybridized carbons (Fsp3) is 0.250. The molecule has 0 spiro atoms. The van der Waals surface area contributed by atoms with Crippen LogP contribution in [-0.2, 0) is 6.42 Å². The number of halogens is 2. The Morgan fingerprint density at radius 1 is 1.35 bits per heavy atom. The molecule has 0 radical (unpaired) electrons. The van der Waals surface area contributed by atoms with Crippen molar-refractivity contribution >= 4 is 11.3 Å². The molecular weight excluding hydrogens is 242 g/mol. The molecular formula is C12H12F2N2S. The van der Waals surface area contributed by atoms with Crippen molar-refractivity contribution in [2.45, 2.75) is 6.42 Å². The number of hydrogen-bond acceptors (Lipinski definition) is 3. The topological polar surface area (TPSA) is 24.9 Å². The van der Waals surface area contributed by atoms with Crippen molar-refractivity contribution in [2.75, 3.05) is 13.6 Å². The van der Waals surface area contributed by atoms with Crippen LogP contribution in [0, 0.1) is 11.6 Å². The van der Waals surface area contributed by atoms with E-state index in [2.05, 4.69) is 10.3 Å². The van der Waals surface area contributed by atoms with Crippen molar-refractivity contribution in [3.8, 4) is 10.4 Å². The van der Waals surface area contributed by atoms with Crippen LogP contribution in [0.15, 0.2) is 24.4 Å². The van der Waals surface area contributed by atoms with Gasteiger partial charge < -0.3 is 5.32 Å². The number of hydrogen-bond donors (Lipinski definition) is 1. The van der Waals surface area contributed by atoms with E-state index < -0.39 is 11.6 Å². The highest BCUT2D eigenvalue weighted by Crippen LogP contribution is 2.29. The van der Waals surface area contributed by atoms with E-state index in [1.165, 1.54) is 17.4 Å². The molecule has 17 heavy (non-hydrogen) atoms. The van der Waals surface area contributed by atoms with Crippen molar-refractivity contribution in [3.63, 3.8) is 0 Å². The standard InChI is InChI=1S/C12H12F2N2S/c1-15-5-4-12-16-7-11(17-12)9-6-8(13)2-3-10(9)14/h2-3,6-7,15H,4-5H2,1H3. The summed E-state index contributed by atoms with van der Waals surface area (Å²) < 4.78 is 26.6. The highest BCUT2D eigenvalue weighted by molar-refractivity contribution is 7.15. The van der Waals surface area contributed by atoms with Crippen LogP contribution < -0.4 is 5.32 Å². The maximum absolute atomic E-state index is 13.5. The van der Waals surface area contributed by atoms with Gasteiger partial charge in [0.15, 0.2) is 0 Å². The highest BCUT2D eigenvalue weighted by atomic mass is 32.1. The van der Waals surface area contributed by atoms with Crippen molar-refractivity contribution in [3.05, 3.63) is 41.0 Å². The van der Waals surface area contributed by atoms with Gasteiger partial charge in [-0.3, -0.25) is 0 Å². The lowest BCUT2D eigenvalue weighted by Crippen LogP contribution is -2.09. The molecule has 1 aromatic heterocycles. The van der Waals surface area contributed by atoms with Gasteiger partial charge in [0, 0.05) is 24.7 Å². The lowest BCUT2D eigenvalue weighted by molar-refractivity contribution is 0.603. The summed E-state index contributed by atoms with van der Waals surface area (Å²) in [5.41, 5.74) is 0.276. The van der Waals surface area contributed by atoms with Gasteiger partial charge in [0.25, 0.3) is 0 Å². The maximum atomic E-state index is 13.5. The summed E-state index contributed by atoms with van der Waals surface area (Å²) in [5.74, 6) is -0.859. The van der Waals surface area contributed by atoms with Crippen LogP contribution >= 0.6 is 11.3 Å². The smallest absolute Gasteiger partial charge is 0.132 e. The summed E-state index contributed by atoms with van der Waals surface area (Å²) >= 11 is 1.39. The van der Waals surface area contributed by atoms with Crippen molar-refractivity contribution in [1.82, 2.24) is 10.3 Å². The van der Waals surface area contributed by atoms with Gasteiger partial charge in [-0.2, -0.15) is 0 Å². The quantitative estimate of drug-likeness (QED) is 0.907. The van der Waals surface area contributed by atoms with Crippen LogP contribution in [0.4, 0.5) is 8.78 Å². The summed E-state index contributed by atoms with van der Waals surface area (Å²) in [6, 6.07) is 3.45. The molecule has 0 aliphatic rings. The zero-order valence-electron chi connectivity index (χ0n) is 9.34. The van der Waals surface area contributed by atoms with Gasteiger partial charge in [-0.05, 0) is 25.2 Å². The van der Waals surface area contributed by atoms with E-state index in [-0.39, 0.29) is 5.56 Å². The zero-order valence-corrected chi connectivity index (χ0v) is 10.2. The molecule has 2 aromatic rings. The molecule has 2 rings (SSSR count). The third-order valence-corrected chi connectivity index (χ3v) is 3.43. The Hall–Kier alpha value is -1.33. The van der Waals surface area contributed by atoms with Crippen molar-refractivity contribution < 1.29 is 8.78 Å². The second-order valence-electron chi connectivity index (χ2n) is 3.60. The molecule has 0 fully saturated rings. The lowest BCUT2D eigenvalue weighted by atomic mass is 10.2. The number of aromatic nitrogens is 1. The van der Waals surface area contributed by atoms with Crippen LogP contribution in [0.1, 0.15) is 5.01 Å². The predicted octanol–water partition coefficient (Wildman–Crippen LogP) is 2.85. The van der Waals surface area contributed by atoms with Crippen LogP contribution in [0.25, 0.3) is 10.4 Å². The summed E-state index contributed by atoms with van der Waals surface area (Å²) in [4.78, 5) is 4.85. The second-order valence-corrected chi connectivity index (χ2v) is 4.71. The van der Waals surface area contributed by atoms with E-state index >= 15 is 0 Å². The number of nitrogens with one attached hydrogen (secondary N) is 1. The first-order valence-corrected chi connectivity index (χ1v) is 6.07. The van der Waals surface area contributed by atoms with Gasteiger partial charge in [-0.1, -0.05) is 0 Å². The summed E-state index contributed by atoms with van der Waals surface area (Å²) in [7, 11) is 1.86. The van der Waals surface area contributed by atoms with Gasteiger partial charge in [-0.25, -0.2) is 13.8 Å². The molecule has 0 aliphatic carbocycles. The molecule has 0 aliphatic heterocycles.